The number of thioether (sulfide) groups is 1. The highest BCUT2D eigenvalue weighted by Gasteiger charge is 2.12. The monoisotopic (exact) mass is 343 g/mol. The third-order valence-corrected chi connectivity index (χ3v) is 4.30. The SMILES string of the molecule is Cc1ccc(-n2nc(C)cc2NC(=O)CSc2nnnn2C)cc1. The highest BCUT2D eigenvalue weighted by Crippen LogP contribution is 2.19. The number of benzene rings is 1. The van der Waals surface area contributed by atoms with Crippen LogP contribution >= 0.6 is 11.8 Å². The summed E-state index contributed by atoms with van der Waals surface area (Å²) in [7, 11) is 1.73. The minimum Gasteiger partial charge on any atom is -0.310 e. The van der Waals surface area contributed by atoms with Crippen molar-refractivity contribution < 1.29 is 4.79 Å². The largest absolute Gasteiger partial charge is 0.310 e. The molecule has 0 aliphatic carbocycles. The van der Waals surface area contributed by atoms with Crippen LogP contribution in [0.4, 0.5) is 5.82 Å². The minimum absolute atomic E-state index is 0.142. The Bertz CT molecular complexity index is 853. The van der Waals surface area contributed by atoms with Crippen molar-refractivity contribution in [2.45, 2.75) is 19.0 Å². The Hall–Kier alpha value is -2.68. The third kappa shape index (κ3) is 3.62. The van der Waals surface area contributed by atoms with E-state index in [4.69, 9.17) is 0 Å². The van der Waals surface area contributed by atoms with E-state index in [-0.39, 0.29) is 11.7 Å². The van der Waals surface area contributed by atoms with Gasteiger partial charge < -0.3 is 5.32 Å². The summed E-state index contributed by atoms with van der Waals surface area (Å²) in [5.74, 6) is 0.709. The molecule has 24 heavy (non-hydrogen) atoms. The molecule has 0 saturated carbocycles. The van der Waals surface area contributed by atoms with Gasteiger partial charge in [-0.1, -0.05) is 29.5 Å². The zero-order valence-corrected chi connectivity index (χ0v) is 14.4. The summed E-state index contributed by atoms with van der Waals surface area (Å²) in [4.78, 5) is 12.2. The molecule has 0 bridgehead atoms. The molecule has 3 rings (SSSR count). The van der Waals surface area contributed by atoms with Crippen molar-refractivity contribution in [1.29, 1.82) is 0 Å². The Morgan fingerprint density at radius 1 is 1.25 bits per heavy atom. The Morgan fingerprint density at radius 3 is 2.67 bits per heavy atom. The average Bonchev–Trinajstić information content (AvgIpc) is 3.12. The number of carbonyl (C=O) groups excluding carboxylic acids is 1. The van der Waals surface area contributed by atoms with Gasteiger partial charge in [-0.2, -0.15) is 5.10 Å². The number of anilines is 1. The molecule has 124 valence electrons. The molecule has 2 heterocycles. The van der Waals surface area contributed by atoms with E-state index in [2.05, 4.69) is 25.9 Å². The number of aromatic nitrogens is 6. The standard InChI is InChI=1S/C15H17N7OS/c1-10-4-6-12(7-5-10)22-13(8-11(2)18-22)16-14(23)9-24-15-17-19-20-21(15)3/h4-8H,9H2,1-3H3,(H,16,23). The summed E-state index contributed by atoms with van der Waals surface area (Å²) in [6, 6.07) is 9.80. The summed E-state index contributed by atoms with van der Waals surface area (Å²) in [5, 5.41) is 19.0. The Morgan fingerprint density at radius 2 is 2.00 bits per heavy atom. The van der Waals surface area contributed by atoms with Gasteiger partial charge >= 0.3 is 0 Å². The van der Waals surface area contributed by atoms with Crippen LogP contribution in [0.25, 0.3) is 5.69 Å². The molecule has 0 unspecified atom stereocenters. The number of hydrogen-bond donors (Lipinski definition) is 1. The fourth-order valence-corrected chi connectivity index (χ4v) is 2.77. The van der Waals surface area contributed by atoms with E-state index >= 15 is 0 Å². The van der Waals surface area contributed by atoms with E-state index in [1.54, 1.807) is 11.7 Å². The van der Waals surface area contributed by atoms with Gasteiger partial charge in [0.15, 0.2) is 0 Å². The van der Waals surface area contributed by atoms with Crippen molar-refractivity contribution in [3.05, 3.63) is 41.6 Å². The van der Waals surface area contributed by atoms with E-state index in [1.807, 2.05) is 44.2 Å². The highest BCUT2D eigenvalue weighted by atomic mass is 32.2. The first-order valence-electron chi connectivity index (χ1n) is 7.31. The van der Waals surface area contributed by atoms with Crippen molar-refractivity contribution >= 4 is 23.5 Å². The average molecular weight is 343 g/mol. The normalized spacial score (nSPS) is 10.8. The van der Waals surface area contributed by atoms with Gasteiger partial charge in [-0.25, -0.2) is 9.36 Å². The van der Waals surface area contributed by atoms with Crippen LogP contribution in [0.3, 0.4) is 0 Å². The molecule has 1 amide bonds. The Balaban J connectivity index is 1.72. The maximum atomic E-state index is 12.2. The Kier molecular flexibility index (Phi) is 4.61. The number of nitrogens with one attached hydrogen (secondary N) is 1. The molecular formula is C15H17N7OS. The number of rotatable bonds is 5. The molecule has 0 spiro atoms. The third-order valence-electron chi connectivity index (χ3n) is 3.29. The lowest BCUT2D eigenvalue weighted by Gasteiger charge is -2.09. The number of amides is 1. The first-order chi connectivity index (χ1) is 11.5. The van der Waals surface area contributed by atoms with Gasteiger partial charge in [-0.15, -0.1) is 5.10 Å². The summed E-state index contributed by atoms with van der Waals surface area (Å²) < 4.78 is 3.25. The molecule has 0 aliphatic rings. The van der Waals surface area contributed by atoms with Crippen molar-refractivity contribution in [3.63, 3.8) is 0 Å². The molecule has 3 aromatic rings. The Labute approximate surface area is 143 Å². The van der Waals surface area contributed by atoms with Crippen LogP contribution in [0, 0.1) is 13.8 Å². The van der Waals surface area contributed by atoms with E-state index in [9.17, 15) is 4.79 Å². The van der Waals surface area contributed by atoms with Crippen molar-refractivity contribution in [1.82, 2.24) is 30.0 Å². The highest BCUT2D eigenvalue weighted by molar-refractivity contribution is 7.99. The van der Waals surface area contributed by atoms with Crippen molar-refractivity contribution in [2.24, 2.45) is 7.05 Å². The van der Waals surface area contributed by atoms with Gasteiger partial charge in [0, 0.05) is 13.1 Å². The number of carbonyl (C=O) groups is 1. The smallest absolute Gasteiger partial charge is 0.236 e. The molecule has 0 aliphatic heterocycles. The first-order valence-corrected chi connectivity index (χ1v) is 8.30. The summed E-state index contributed by atoms with van der Waals surface area (Å²) in [5.41, 5.74) is 2.90. The molecule has 1 N–H and O–H groups in total. The minimum atomic E-state index is -0.142. The van der Waals surface area contributed by atoms with Crippen molar-refractivity contribution in [2.75, 3.05) is 11.1 Å². The van der Waals surface area contributed by atoms with Crippen LogP contribution in [0.1, 0.15) is 11.3 Å². The van der Waals surface area contributed by atoms with Gasteiger partial charge in [0.2, 0.25) is 11.1 Å². The molecule has 0 radical (unpaired) electrons. The van der Waals surface area contributed by atoms with Crippen LogP contribution in [0.2, 0.25) is 0 Å². The predicted molar refractivity (Wildman–Crippen MR) is 91.2 cm³/mol. The van der Waals surface area contributed by atoms with Crippen LogP contribution in [0.15, 0.2) is 35.5 Å². The maximum Gasteiger partial charge on any atom is 0.236 e. The molecule has 2 aromatic heterocycles. The van der Waals surface area contributed by atoms with Crippen molar-refractivity contribution in [3.8, 4) is 5.69 Å². The number of tetrazole rings is 1. The molecule has 8 nitrogen and oxygen atoms in total. The van der Waals surface area contributed by atoms with E-state index in [0.29, 0.717) is 11.0 Å². The topological polar surface area (TPSA) is 90.5 Å². The fourth-order valence-electron chi connectivity index (χ4n) is 2.12. The number of nitrogens with zero attached hydrogens (tertiary/aromatic N) is 6. The summed E-state index contributed by atoms with van der Waals surface area (Å²) in [6.07, 6.45) is 0. The lowest BCUT2D eigenvalue weighted by atomic mass is 10.2. The lowest BCUT2D eigenvalue weighted by molar-refractivity contribution is -0.113. The fraction of sp³-hybridized carbons (Fsp3) is 0.267. The predicted octanol–water partition coefficient (Wildman–Crippen LogP) is 1.74. The van der Waals surface area contributed by atoms with Gasteiger partial charge in [-0.3, -0.25) is 4.79 Å². The molecule has 0 fully saturated rings. The number of aryl methyl sites for hydroxylation is 3. The van der Waals surface area contributed by atoms with Crippen LogP contribution in [-0.2, 0) is 11.8 Å². The van der Waals surface area contributed by atoms with Gasteiger partial charge in [-0.05, 0) is 36.4 Å². The van der Waals surface area contributed by atoms with Gasteiger partial charge in [0.05, 0.1) is 17.1 Å². The van der Waals surface area contributed by atoms with Gasteiger partial charge in [0.25, 0.3) is 0 Å². The molecule has 0 atom stereocenters. The quantitative estimate of drug-likeness (QED) is 0.710. The lowest BCUT2D eigenvalue weighted by Crippen LogP contribution is -2.17. The summed E-state index contributed by atoms with van der Waals surface area (Å²) >= 11 is 1.28. The van der Waals surface area contributed by atoms with Crippen LogP contribution in [0.5, 0.6) is 0 Å². The molecular weight excluding hydrogens is 326 g/mol. The number of hydrogen-bond acceptors (Lipinski definition) is 6. The van der Waals surface area contributed by atoms with E-state index < -0.39 is 0 Å². The van der Waals surface area contributed by atoms with Gasteiger partial charge in [0.1, 0.15) is 5.82 Å². The van der Waals surface area contributed by atoms with E-state index in [0.717, 1.165) is 11.4 Å². The summed E-state index contributed by atoms with van der Waals surface area (Å²) in [6.45, 7) is 3.92. The molecule has 1 aromatic carbocycles. The van der Waals surface area contributed by atoms with Crippen LogP contribution < -0.4 is 5.32 Å². The van der Waals surface area contributed by atoms with Crippen LogP contribution in [-0.4, -0.2) is 41.6 Å². The first kappa shape index (κ1) is 16.2. The van der Waals surface area contributed by atoms with E-state index in [1.165, 1.54) is 22.0 Å². The zero-order chi connectivity index (χ0) is 17.1. The molecule has 0 saturated heterocycles. The second kappa shape index (κ2) is 6.83. The maximum absolute atomic E-state index is 12.2. The molecule has 9 heteroatoms. The second-order valence-electron chi connectivity index (χ2n) is 5.34. The second-order valence-corrected chi connectivity index (χ2v) is 6.28. The zero-order valence-electron chi connectivity index (χ0n) is 13.6.